The third kappa shape index (κ3) is 6.72. The molecule has 5 nitrogen and oxygen atoms in total. The summed E-state index contributed by atoms with van der Waals surface area (Å²) in [5.41, 5.74) is 0.918. The lowest BCUT2D eigenvalue weighted by Crippen LogP contribution is -2.42. The van der Waals surface area contributed by atoms with E-state index in [0.29, 0.717) is 32.0 Å². The molecule has 0 aliphatic carbocycles. The highest BCUT2D eigenvalue weighted by Crippen LogP contribution is 2.05. The monoisotopic (exact) mass is 305 g/mol. The van der Waals surface area contributed by atoms with Gasteiger partial charge in [0.1, 0.15) is 0 Å². The molecule has 1 rings (SSSR count). The van der Waals surface area contributed by atoms with E-state index in [9.17, 15) is 4.79 Å². The van der Waals surface area contributed by atoms with Crippen LogP contribution in [0.5, 0.6) is 0 Å². The van der Waals surface area contributed by atoms with Crippen molar-refractivity contribution in [2.24, 2.45) is 5.92 Å². The van der Waals surface area contributed by atoms with Crippen molar-refractivity contribution in [2.45, 2.75) is 39.3 Å². The summed E-state index contributed by atoms with van der Waals surface area (Å²) in [6.07, 6.45) is 8.29. The van der Waals surface area contributed by atoms with Crippen LogP contribution in [0.15, 0.2) is 37.8 Å². The highest BCUT2D eigenvalue weighted by molar-refractivity contribution is 5.76. The average Bonchev–Trinajstić information content (AvgIpc) is 2.92. The van der Waals surface area contributed by atoms with Gasteiger partial charge in [-0.05, 0) is 12.3 Å². The number of rotatable bonds is 11. The van der Waals surface area contributed by atoms with Crippen LogP contribution in [0.1, 0.15) is 26.0 Å². The summed E-state index contributed by atoms with van der Waals surface area (Å²) >= 11 is 0. The molecular weight excluding hydrogens is 278 g/mol. The number of allylic oxidation sites excluding steroid dienone is 1. The van der Waals surface area contributed by atoms with Gasteiger partial charge in [-0.3, -0.25) is 4.79 Å². The first-order valence-corrected chi connectivity index (χ1v) is 7.66. The first kappa shape index (κ1) is 18.2. The van der Waals surface area contributed by atoms with Crippen molar-refractivity contribution in [3.05, 3.63) is 43.5 Å². The van der Waals surface area contributed by atoms with Gasteiger partial charge < -0.3 is 14.6 Å². The third-order valence-electron chi connectivity index (χ3n) is 3.32. The normalized spacial score (nSPS) is 12.1. The predicted molar refractivity (Wildman–Crippen MR) is 88.5 cm³/mol. The highest BCUT2D eigenvalue weighted by atomic mass is 16.5. The van der Waals surface area contributed by atoms with Gasteiger partial charge in [0, 0.05) is 19.2 Å². The molecule has 0 bridgehead atoms. The molecule has 0 unspecified atom stereocenters. The van der Waals surface area contributed by atoms with E-state index in [0.717, 1.165) is 12.2 Å². The number of carbonyl (C=O) groups is 1. The van der Waals surface area contributed by atoms with E-state index in [4.69, 9.17) is 4.74 Å². The lowest BCUT2D eigenvalue weighted by molar-refractivity contribution is -0.122. The number of nitrogens with zero attached hydrogens (tertiary/aromatic N) is 2. The minimum Gasteiger partial charge on any atom is -0.375 e. The quantitative estimate of drug-likeness (QED) is 0.504. The van der Waals surface area contributed by atoms with Crippen LogP contribution in [0.2, 0.25) is 0 Å². The number of aromatic nitrogens is 2. The molecular formula is C17H27N3O2. The number of amides is 1. The molecule has 1 heterocycles. The van der Waals surface area contributed by atoms with Gasteiger partial charge in [0.15, 0.2) is 0 Å². The summed E-state index contributed by atoms with van der Waals surface area (Å²) in [5, 5.41) is 3.03. The summed E-state index contributed by atoms with van der Waals surface area (Å²) < 4.78 is 7.39. The van der Waals surface area contributed by atoms with Gasteiger partial charge in [-0.15, -0.1) is 13.2 Å². The third-order valence-corrected chi connectivity index (χ3v) is 3.32. The van der Waals surface area contributed by atoms with Crippen molar-refractivity contribution >= 4 is 5.91 Å². The molecule has 0 fully saturated rings. The first-order chi connectivity index (χ1) is 10.6. The van der Waals surface area contributed by atoms with E-state index in [1.807, 2.05) is 16.8 Å². The predicted octanol–water partition coefficient (Wildman–Crippen LogP) is 2.35. The molecule has 1 N–H and O–H groups in total. The average molecular weight is 305 g/mol. The Labute approximate surface area is 133 Å². The lowest BCUT2D eigenvalue weighted by Gasteiger charge is -2.22. The van der Waals surface area contributed by atoms with Crippen molar-refractivity contribution in [1.29, 1.82) is 0 Å². The Kier molecular flexibility index (Phi) is 8.22. The van der Waals surface area contributed by atoms with Crippen LogP contribution in [-0.4, -0.2) is 34.7 Å². The van der Waals surface area contributed by atoms with E-state index in [1.54, 1.807) is 12.4 Å². The maximum absolute atomic E-state index is 12.1. The number of hydrogen-bond acceptors (Lipinski definition) is 3. The van der Waals surface area contributed by atoms with Crippen LogP contribution < -0.4 is 5.32 Å². The largest absolute Gasteiger partial charge is 0.375 e. The summed E-state index contributed by atoms with van der Waals surface area (Å²) in [4.78, 5) is 16.3. The summed E-state index contributed by atoms with van der Waals surface area (Å²) in [5.74, 6) is 0.347. The van der Waals surface area contributed by atoms with Gasteiger partial charge in [0.05, 0.1) is 31.3 Å². The Morgan fingerprint density at radius 1 is 1.45 bits per heavy atom. The van der Waals surface area contributed by atoms with Crippen molar-refractivity contribution in [3.8, 4) is 0 Å². The van der Waals surface area contributed by atoms with Gasteiger partial charge in [-0.1, -0.05) is 26.0 Å². The molecule has 0 aromatic carbocycles. The topological polar surface area (TPSA) is 56.1 Å². The van der Waals surface area contributed by atoms with Crippen LogP contribution in [0.25, 0.3) is 0 Å². The molecule has 1 aromatic rings. The van der Waals surface area contributed by atoms with Gasteiger partial charge in [-0.2, -0.15) is 0 Å². The van der Waals surface area contributed by atoms with E-state index in [2.05, 4.69) is 37.3 Å². The van der Waals surface area contributed by atoms with Crippen molar-refractivity contribution in [1.82, 2.24) is 14.9 Å². The Morgan fingerprint density at radius 3 is 2.86 bits per heavy atom. The maximum atomic E-state index is 12.1. The number of imidazole rings is 1. The number of ether oxygens (including phenoxy) is 1. The molecule has 5 heteroatoms. The molecule has 0 saturated carbocycles. The van der Waals surface area contributed by atoms with E-state index < -0.39 is 0 Å². The molecule has 1 atom stereocenters. The SMILES string of the molecule is C=CCOC[C@@H](NC(=O)CCc1cn(CC=C)cn1)C(C)C. The Morgan fingerprint density at radius 2 is 2.23 bits per heavy atom. The maximum Gasteiger partial charge on any atom is 0.220 e. The Hall–Kier alpha value is -1.88. The van der Waals surface area contributed by atoms with E-state index in [1.165, 1.54) is 0 Å². The van der Waals surface area contributed by atoms with E-state index >= 15 is 0 Å². The lowest BCUT2D eigenvalue weighted by atomic mass is 10.1. The van der Waals surface area contributed by atoms with Crippen LogP contribution in [0, 0.1) is 5.92 Å². The number of nitrogens with one attached hydrogen (secondary N) is 1. The van der Waals surface area contributed by atoms with Crippen molar-refractivity contribution < 1.29 is 9.53 Å². The highest BCUT2D eigenvalue weighted by Gasteiger charge is 2.16. The Bertz CT molecular complexity index is 480. The summed E-state index contributed by atoms with van der Waals surface area (Å²) in [7, 11) is 0. The van der Waals surface area contributed by atoms with Crippen molar-refractivity contribution in [3.63, 3.8) is 0 Å². The standard InChI is InChI=1S/C17H27N3O2/c1-5-9-20-11-15(18-13-20)7-8-17(21)19-16(14(3)4)12-22-10-6-2/h5-6,11,13-14,16H,1-2,7-10,12H2,3-4H3,(H,19,21)/t16-/m1/s1. The van der Waals surface area contributed by atoms with E-state index in [-0.39, 0.29) is 11.9 Å². The first-order valence-electron chi connectivity index (χ1n) is 7.66. The smallest absolute Gasteiger partial charge is 0.220 e. The fourth-order valence-corrected chi connectivity index (χ4v) is 1.98. The molecule has 22 heavy (non-hydrogen) atoms. The minimum atomic E-state index is 0.0192. The molecule has 0 spiro atoms. The Balaban J connectivity index is 2.38. The molecule has 0 radical (unpaired) electrons. The molecule has 122 valence electrons. The number of hydrogen-bond donors (Lipinski definition) is 1. The number of carbonyl (C=O) groups excluding carboxylic acids is 1. The molecule has 0 aliphatic heterocycles. The van der Waals surface area contributed by atoms with Gasteiger partial charge >= 0.3 is 0 Å². The second kappa shape index (κ2) is 9.95. The fraction of sp³-hybridized carbons (Fsp3) is 0.529. The zero-order valence-corrected chi connectivity index (χ0v) is 13.6. The summed E-state index contributed by atoms with van der Waals surface area (Å²) in [6.45, 7) is 13.2. The molecule has 1 aromatic heterocycles. The zero-order valence-electron chi connectivity index (χ0n) is 13.6. The zero-order chi connectivity index (χ0) is 16.4. The van der Waals surface area contributed by atoms with Crippen LogP contribution in [0.3, 0.4) is 0 Å². The van der Waals surface area contributed by atoms with Gasteiger partial charge in [0.25, 0.3) is 0 Å². The second-order valence-corrected chi connectivity index (χ2v) is 5.59. The van der Waals surface area contributed by atoms with Gasteiger partial charge in [0.2, 0.25) is 5.91 Å². The summed E-state index contributed by atoms with van der Waals surface area (Å²) in [6, 6.07) is 0.0192. The molecule has 0 aliphatic rings. The molecule has 1 amide bonds. The number of aryl methyl sites for hydroxylation is 1. The van der Waals surface area contributed by atoms with Crippen LogP contribution in [-0.2, 0) is 22.5 Å². The second-order valence-electron chi connectivity index (χ2n) is 5.59. The van der Waals surface area contributed by atoms with Gasteiger partial charge in [-0.25, -0.2) is 4.98 Å². The fourth-order valence-electron chi connectivity index (χ4n) is 1.98. The van der Waals surface area contributed by atoms with Crippen molar-refractivity contribution in [2.75, 3.05) is 13.2 Å². The van der Waals surface area contributed by atoms with Crippen LogP contribution >= 0.6 is 0 Å². The minimum absolute atomic E-state index is 0.0192. The van der Waals surface area contributed by atoms with Crippen LogP contribution in [0.4, 0.5) is 0 Å². The molecule has 0 saturated heterocycles.